The number of allylic oxidation sites excluding steroid dienone is 2. The van der Waals surface area contributed by atoms with Gasteiger partial charge in [-0.25, -0.2) is 4.98 Å². The fraction of sp³-hybridized carbons (Fsp3) is 0.381. The first kappa shape index (κ1) is 18.3. The monoisotopic (exact) mass is 411 g/mol. The predicted molar refractivity (Wildman–Crippen MR) is 110 cm³/mol. The van der Waals surface area contributed by atoms with Gasteiger partial charge in [0.2, 0.25) is 6.79 Å². The lowest BCUT2D eigenvalue weighted by Gasteiger charge is -2.36. The number of rotatable bonds is 4. The number of carbonyl (C=O) groups is 1. The molecule has 0 fully saturated rings. The van der Waals surface area contributed by atoms with Gasteiger partial charge in [0.25, 0.3) is 5.56 Å². The summed E-state index contributed by atoms with van der Waals surface area (Å²) in [6.45, 7) is 2.26. The van der Waals surface area contributed by atoms with Crippen molar-refractivity contribution in [2.75, 3.05) is 17.9 Å². The number of ketones is 1. The fourth-order valence-corrected chi connectivity index (χ4v) is 4.92. The van der Waals surface area contributed by atoms with Crippen LogP contribution in [0.1, 0.15) is 43.2 Å². The molecule has 3 heterocycles. The molecule has 2 aromatic rings. The maximum Gasteiger partial charge on any atom is 0.257 e. The Morgan fingerprint density at radius 1 is 1.21 bits per heavy atom. The highest BCUT2D eigenvalue weighted by atomic mass is 32.2. The highest BCUT2D eigenvalue weighted by molar-refractivity contribution is 7.99. The molecule has 1 aliphatic carbocycles. The topological polar surface area (TPSA) is 93.3 Å². The highest BCUT2D eigenvalue weighted by Crippen LogP contribution is 2.46. The molecular weight excluding hydrogens is 390 g/mol. The van der Waals surface area contributed by atoms with Crippen molar-refractivity contribution in [3.8, 4) is 11.5 Å². The van der Waals surface area contributed by atoms with Crippen LogP contribution in [0.4, 0.5) is 5.82 Å². The second-order valence-corrected chi connectivity index (χ2v) is 8.42. The number of anilines is 1. The van der Waals surface area contributed by atoms with Crippen LogP contribution in [-0.2, 0) is 4.79 Å². The Balaban J connectivity index is 1.67. The van der Waals surface area contributed by atoms with Crippen LogP contribution < -0.4 is 20.3 Å². The van der Waals surface area contributed by atoms with Crippen molar-refractivity contribution in [1.82, 2.24) is 9.97 Å². The van der Waals surface area contributed by atoms with Crippen LogP contribution in [0.3, 0.4) is 0 Å². The first-order valence-electron chi connectivity index (χ1n) is 9.82. The SMILES string of the molecule is CCCSc1nc2c(c(=O)[nH]1)[C@@H](c1ccc3c(c1)OCO3)[C@@H]1C(=O)CCC=C1N2. The van der Waals surface area contributed by atoms with E-state index in [1.807, 2.05) is 18.2 Å². The Morgan fingerprint density at radius 3 is 2.93 bits per heavy atom. The van der Waals surface area contributed by atoms with E-state index < -0.39 is 11.8 Å². The maximum atomic E-state index is 13.1. The van der Waals surface area contributed by atoms with Gasteiger partial charge < -0.3 is 19.8 Å². The molecule has 0 spiro atoms. The average Bonchev–Trinajstić information content (AvgIpc) is 3.19. The number of aromatic nitrogens is 2. The van der Waals surface area contributed by atoms with Crippen molar-refractivity contribution in [2.24, 2.45) is 5.92 Å². The minimum absolute atomic E-state index is 0.132. The zero-order chi connectivity index (χ0) is 20.0. The van der Waals surface area contributed by atoms with Crippen molar-refractivity contribution in [1.29, 1.82) is 0 Å². The highest BCUT2D eigenvalue weighted by Gasteiger charge is 2.42. The van der Waals surface area contributed by atoms with Crippen LogP contribution in [0.5, 0.6) is 11.5 Å². The molecule has 29 heavy (non-hydrogen) atoms. The summed E-state index contributed by atoms with van der Waals surface area (Å²) in [6.07, 6.45) is 4.21. The molecule has 0 amide bonds. The summed E-state index contributed by atoms with van der Waals surface area (Å²) in [4.78, 5) is 33.6. The molecule has 0 bridgehead atoms. The van der Waals surface area contributed by atoms with E-state index in [4.69, 9.17) is 9.47 Å². The summed E-state index contributed by atoms with van der Waals surface area (Å²) in [7, 11) is 0. The lowest BCUT2D eigenvalue weighted by Crippen LogP contribution is -2.38. The van der Waals surface area contributed by atoms with Crippen LogP contribution in [0.2, 0.25) is 0 Å². The van der Waals surface area contributed by atoms with Crippen molar-refractivity contribution in [3.63, 3.8) is 0 Å². The smallest absolute Gasteiger partial charge is 0.257 e. The van der Waals surface area contributed by atoms with Gasteiger partial charge in [0.1, 0.15) is 11.6 Å². The standard InChI is InChI=1S/C21H21N3O4S/c1-2-8-29-21-23-19-18(20(26)24-21)16(17-12(22-19)4-3-5-13(17)25)11-6-7-14-15(9-11)28-10-27-14/h4,6-7,9,16-17H,2-3,5,8,10H2,1H3,(H2,22,23,24,26)/t16-,17-/m0/s1. The van der Waals surface area contributed by atoms with Gasteiger partial charge in [0.05, 0.1) is 11.5 Å². The average molecular weight is 411 g/mol. The summed E-state index contributed by atoms with van der Waals surface area (Å²) in [5.74, 6) is 2.01. The van der Waals surface area contributed by atoms with Crippen LogP contribution in [0.15, 0.2) is 39.9 Å². The third-order valence-corrected chi connectivity index (χ3v) is 6.56. The number of nitrogens with zero attached hydrogens (tertiary/aromatic N) is 1. The molecule has 3 aliphatic rings. The zero-order valence-electron chi connectivity index (χ0n) is 16.0. The van der Waals surface area contributed by atoms with E-state index in [1.54, 1.807) is 0 Å². The van der Waals surface area contributed by atoms with E-state index in [1.165, 1.54) is 11.8 Å². The number of aromatic amines is 1. The minimum atomic E-state index is -0.423. The lowest BCUT2D eigenvalue weighted by atomic mass is 9.72. The molecule has 0 radical (unpaired) electrons. The third-order valence-electron chi connectivity index (χ3n) is 5.48. The zero-order valence-corrected chi connectivity index (χ0v) is 16.8. The second-order valence-electron chi connectivity index (χ2n) is 7.34. The first-order valence-corrected chi connectivity index (χ1v) is 10.8. The maximum absolute atomic E-state index is 13.1. The summed E-state index contributed by atoms with van der Waals surface area (Å²) in [5, 5.41) is 3.87. The molecule has 0 saturated heterocycles. The van der Waals surface area contributed by atoms with Gasteiger partial charge in [-0.05, 0) is 30.5 Å². The number of fused-ring (bicyclic) bond motifs is 3. The largest absolute Gasteiger partial charge is 0.454 e. The van der Waals surface area contributed by atoms with Gasteiger partial charge in [-0.3, -0.25) is 9.59 Å². The van der Waals surface area contributed by atoms with Crippen molar-refractivity contribution < 1.29 is 14.3 Å². The second kappa shape index (κ2) is 7.26. The van der Waals surface area contributed by atoms with Gasteiger partial charge >= 0.3 is 0 Å². The molecule has 0 saturated carbocycles. The van der Waals surface area contributed by atoms with Gasteiger partial charge in [0.15, 0.2) is 16.7 Å². The summed E-state index contributed by atoms with van der Waals surface area (Å²) in [6, 6.07) is 5.62. The number of hydrogen-bond donors (Lipinski definition) is 2. The Kier molecular flexibility index (Phi) is 4.58. The number of Topliss-reactive ketones (excluding diaryl/α,β-unsaturated/α-hetero) is 1. The molecule has 2 atom stereocenters. The van der Waals surface area contributed by atoms with E-state index in [9.17, 15) is 9.59 Å². The molecule has 5 rings (SSSR count). The number of benzene rings is 1. The van der Waals surface area contributed by atoms with E-state index >= 15 is 0 Å². The van der Waals surface area contributed by atoms with Crippen LogP contribution in [0, 0.1) is 5.92 Å². The number of ether oxygens (including phenoxy) is 2. The van der Waals surface area contributed by atoms with Gasteiger partial charge in [-0.15, -0.1) is 0 Å². The van der Waals surface area contributed by atoms with E-state index in [-0.39, 0.29) is 18.1 Å². The Hall–Kier alpha value is -2.74. The summed E-state index contributed by atoms with van der Waals surface area (Å²) >= 11 is 1.52. The van der Waals surface area contributed by atoms with Crippen molar-refractivity contribution in [2.45, 2.75) is 37.3 Å². The van der Waals surface area contributed by atoms with Crippen molar-refractivity contribution >= 4 is 23.4 Å². The Morgan fingerprint density at radius 2 is 2.07 bits per heavy atom. The molecule has 0 unspecified atom stereocenters. The summed E-state index contributed by atoms with van der Waals surface area (Å²) in [5.41, 5.74) is 1.98. The third kappa shape index (κ3) is 3.11. The number of nitrogens with one attached hydrogen (secondary N) is 2. The number of hydrogen-bond acceptors (Lipinski definition) is 7. The quantitative estimate of drug-likeness (QED) is 0.588. The van der Waals surface area contributed by atoms with Crippen LogP contribution in [0.25, 0.3) is 0 Å². The minimum Gasteiger partial charge on any atom is -0.454 e. The normalized spacial score (nSPS) is 21.8. The number of thioether (sulfide) groups is 1. The Labute approximate surface area is 171 Å². The van der Waals surface area contributed by atoms with E-state index in [0.717, 1.165) is 23.4 Å². The molecule has 2 aliphatic heterocycles. The summed E-state index contributed by atoms with van der Waals surface area (Å²) < 4.78 is 11.0. The number of carbonyl (C=O) groups excluding carboxylic acids is 1. The molecule has 1 aromatic heterocycles. The van der Waals surface area contributed by atoms with E-state index in [0.29, 0.717) is 40.9 Å². The molecule has 7 nitrogen and oxygen atoms in total. The van der Waals surface area contributed by atoms with Crippen molar-refractivity contribution in [3.05, 3.63) is 51.5 Å². The number of H-pyrrole nitrogens is 1. The molecule has 2 N–H and O–H groups in total. The van der Waals surface area contributed by atoms with Gasteiger partial charge in [-0.2, -0.15) is 0 Å². The van der Waals surface area contributed by atoms with Gasteiger partial charge in [0, 0.05) is 23.8 Å². The Bertz CT molecular complexity index is 1080. The first-order chi connectivity index (χ1) is 14.2. The van der Waals surface area contributed by atoms with Crippen LogP contribution in [-0.4, -0.2) is 28.3 Å². The van der Waals surface area contributed by atoms with E-state index in [2.05, 4.69) is 28.3 Å². The lowest BCUT2D eigenvalue weighted by molar-refractivity contribution is -0.122. The van der Waals surface area contributed by atoms with Crippen LogP contribution >= 0.6 is 11.8 Å². The fourth-order valence-electron chi connectivity index (χ4n) is 4.20. The van der Waals surface area contributed by atoms with Gasteiger partial charge in [-0.1, -0.05) is 30.8 Å². The molecule has 150 valence electrons. The molecular formula is C21H21N3O4S. The molecule has 8 heteroatoms. The predicted octanol–water partition coefficient (Wildman–Crippen LogP) is 3.42. The molecule has 1 aromatic carbocycles.